The number of rotatable bonds is 24. The number of benzene rings is 4. The van der Waals surface area contributed by atoms with Crippen molar-refractivity contribution in [3.05, 3.63) is 265 Å². The molecule has 14 heteroatoms. The Kier molecular flexibility index (Phi) is 36.1. The molecule has 0 unspecified atom stereocenters. The highest BCUT2D eigenvalue weighted by Crippen LogP contribution is 2.30. The van der Waals surface area contributed by atoms with E-state index in [1.165, 1.54) is 19.3 Å². The van der Waals surface area contributed by atoms with Crippen LogP contribution < -0.4 is 23.7 Å². The van der Waals surface area contributed by atoms with E-state index in [-0.39, 0.29) is 11.5 Å². The minimum Gasteiger partial charge on any atom is -0.505 e. The van der Waals surface area contributed by atoms with Gasteiger partial charge in [-0.2, -0.15) is 0 Å². The Balaban J connectivity index is 1.08. The summed E-state index contributed by atoms with van der Waals surface area (Å²) in [6, 6.07) is 38.8. The number of aromatic nitrogens is 5. The molecule has 11 rings (SSSR count). The number of nitrogens with zero attached hydrogens (tertiary/aromatic N) is 5. The van der Waals surface area contributed by atoms with Gasteiger partial charge in [-0.05, 0) is 259 Å². The molecule has 2 aliphatic heterocycles. The second-order valence-electron chi connectivity index (χ2n) is 29.6. The molecule has 604 valence electrons. The van der Waals surface area contributed by atoms with Gasteiger partial charge in [0.15, 0.2) is 0 Å². The first-order chi connectivity index (χ1) is 58.3. The van der Waals surface area contributed by atoms with Crippen molar-refractivity contribution in [1.82, 2.24) is 24.9 Å². The molecule has 5 aromatic heterocycles. The summed E-state index contributed by atoms with van der Waals surface area (Å²) >= 11 is 4.43. The van der Waals surface area contributed by atoms with Crippen molar-refractivity contribution in [3.63, 3.8) is 0 Å². The molecule has 9 aromatic rings. The molecule has 7 heterocycles. The summed E-state index contributed by atoms with van der Waals surface area (Å²) in [5, 5.41) is 24.7. The van der Waals surface area contributed by atoms with Gasteiger partial charge in [-0.25, -0.2) is 24.9 Å². The van der Waals surface area contributed by atoms with E-state index in [0.717, 1.165) is 174 Å². The van der Waals surface area contributed by atoms with E-state index in [2.05, 4.69) is 223 Å². The minimum absolute atomic E-state index is 0.0761. The first kappa shape index (κ1) is 88.5. The smallest absolute Gasteiger partial charge is 0.146 e. The van der Waals surface area contributed by atoms with Crippen molar-refractivity contribution in [2.45, 2.75) is 202 Å². The van der Waals surface area contributed by atoms with Crippen LogP contribution >= 0.6 is 45.2 Å². The van der Waals surface area contributed by atoms with Crippen LogP contribution in [0.15, 0.2) is 146 Å². The lowest BCUT2D eigenvalue weighted by Gasteiger charge is -2.08. The third-order valence-corrected chi connectivity index (χ3v) is 20.6. The van der Waals surface area contributed by atoms with Crippen LogP contribution in [0.3, 0.4) is 0 Å². The van der Waals surface area contributed by atoms with Gasteiger partial charge in [-0.1, -0.05) is 190 Å². The normalized spacial score (nSPS) is 12.4. The van der Waals surface area contributed by atoms with E-state index < -0.39 is 0 Å². The zero-order valence-corrected chi connectivity index (χ0v) is 73.5. The van der Waals surface area contributed by atoms with Crippen LogP contribution in [0.25, 0.3) is 0 Å². The van der Waals surface area contributed by atoms with Crippen molar-refractivity contribution < 1.29 is 33.9 Å². The Morgan fingerprint density at radius 2 is 0.546 bits per heavy atom. The van der Waals surface area contributed by atoms with Crippen LogP contribution in [0.2, 0.25) is 0 Å². The molecule has 0 radical (unpaired) electrons. The van der Waals surface area contributed by atoms with Gasteiger partial charge in [0, 0.05) is 82.9 Å². The molecule has 2 aliphatic rings. The first-order valence-corrected chi connectivity index (χ1v) is 44.5. The Morgan fingerprint density at radius 3 is 0.866 bits per heavy atom. The fourth-order valence-corrected chi connectivity index (χ4v) is 14.5. The molecule has 0 amide bonds. The number of ether oxygens (including phenoxy) is 5. The van der Waals surface area contributed by atoms with Crippen LogP contribution in [-0.2, 0) is 25.7 Å². The van der Waals surface area contributed by atoms with E-state index in [4.69, 9.17) is 48.6 Å². The molecular formula is C105H103I2N5O7. The standard InChI is InChI=1S/C105H103I2N5O7/c1-6-11-16-17-18-27-52-115-99-71-93-50-42-87-65-79(34-25-14-9-4)63-85(104(87)113)40-48-91-69-97-67-89(108-91)44-36-81-57-77(32-23-12-7-2)59-83(61-81)38-46-95-73-100(75-102(106)111-95)118-55-30-21-20-29-54-117-98-68-90(109-92(70-98)49-41-86-64-80(35-26-15-10-5)66-88(105(86)114)43-51-94(72-99)110-93)45-37-82-58-78(33-24-13-8-3)60-84(62-82)39-47-96-74-101(76-103(107)112-96)119-56-31-22-19-28-53-116-97/h19-22,57-76,113-114H,6-18,23-35,52-56H2,1-5H3. The zero-order chi connectivity index (χ0) is 83.0. The highest BCUT2D eigenvalue weighted by atomic mass is 127. The molecule has 0 spiro atoms. The molecule has 2 N–H and O–H groups in total. The Hall–Kier alpha value is -11.4. The van der Waals surface area contributed by atoms with Gasteiger partial charge in [0.2, 0.25) is 0 Å². The number of unbranched alkanes of at least 4 members (excludes halogenated alkanes) is 13. The number of aryl methyl sites for hydroxylation is 4. The van der Waals surface area contributed by atoms with Crippen LogP contribution in [0.4, 0.5) is 0 Å². The third kappa shape index (κ3) is 30.5. The largest absolute Gasteiger partial charge is 0.505 e. The number of phenols is 2. The summed E-state index contributed by atoms with van der Waals surface area (Å²) in [5.41, 5.74) is 12.6. The molecule has 0 atom stereocenters. The SMILES string of the molecule is CCCCCCCCOc1cc2nc(c1)C#Cc1cc(CCCCC)cc(c1O)C#Cc1cc3cc(n1)C#Cc1cc(cc(CCCCC)c1)C#Cc1cc(cc(I)n1)OCCC=CCCOc1cc(nc(c1)C#Cc1cc(CCCCC)cc(c1O)C#C2)C#Cc1cc(cc(CCCCC)c1)C#Cc1cc(cc(I)n1)OCCC=CCCO3. The van der Waals surface area contributed by atoms with Gasteiger partial charge in [0.05, 0.1) is 55.3 Å². The second-order valence-corrected chi connectivity index (χ2v) is 31.8. The molecule has 12 nitrogen and oxygen atoms in total. The summed E-state index contributed by atoms with van der Waals surface area (Å²) in [6.07, 6.45) is 33.2. The number of phenolic OH excluding ortho intramolecular Hbond substituents is 2. The number of aromatic hydroxyl groups is 2. The van der Waals surface area contributed by atoms with Crippen LogP contribution in [0, 0.1) is 102 Å². The number of hydrogen-bond donors (Lipinski definition) is 2. The van der Waals surface area contributed by atoms with Gasteiger partial charge in [0.1, 0.15) is 93.2 Å². The van der Waals surface area contributed by atoms with E-state index in [0.29, 0.717) is 155 Å². The number of hydrogen-bond acceptors (Lipinski definition) is 12. The third-order valence-electron chi connectivity index (χ3n) is 19.5. The zero-order valence-electron chi connectivity index (χ0n) is 69.2. The Morgan fingerprint density at radius 1 is 0.286 bits per heavy atom. The van der Waals surface area contributed by atoms with Crippen LogP contribution in [0.5, 0.6) is 40.2 Å². The lowest BCUT2D eigenvalue weighted by atomic mass is 9.99. The Bertz CT molecular complexity index is 5310. The topological polar surface area (TPSA) is 151 Å². The fraction of sp³-hybridized carbons (Fsp3) is 0.343. The molecule has 0 aliphatic carbocycles. The maximum Gasteiger partial charge on any atom is 0.146 e. The van der Waals surface area contributed by atoms with E-state index in [1.54, 1.807) is 0 Å². The van der Waals surface area contributed by atoms with E-state index in [9.17, 15) is 10.2 Å². The van der Waals surface area contributed by atoms with Gasteiger partial charge >= 0.3 is 0 Å². The van der Waals surface area contributed by atoms with Crippen LogP contribution in [-0.4, -0.2) is 68.2 Å². The molecule has 20 bridgehead atoms. The maximum absolute atomic E-state index is 12.3. The number of fused-ring (bicyclic) bond motifs is 12. The monoisotopic (exact) mass is 1800 g/mol. The minimum atomic E-state index is -0.0761. The van der Waals surface area contributed by atoms with Crippen molar-refractivity contribution in [3.8, 4) is 135 Å². The van der Waals surface area contributed by atoms with Gasteiger partial charge in [-0.15, -0.1) is 0 Å². The second kappa shape index (κ2) is 48.5. The van der Waals surface area contributed by atoms with Gasteiger partial charge in [0.25, 0.3) is 0 Å². The molecular weight excluding hydrogens is 1700 g/mol. The predicted octanol–water partition coefficient (Wildman–Crippen LogP) is 22.4. The number of pyridine rings is 5. The summed E-state index contributed by atoms with van der Waals surface area (Å²) in [7, 11) is 0. The summed E-state index contributed by atoms with van der Waals surface area (Å²) in [4.78, 5) is 24.6. The van der Waals surface area contributed by atoms with Gasteiger partial charge < -0.3 is 33.9 Å². The lowest BCUT2D eigenvalue weighted by molar-refractivity contribution is 0.304. The Labute approximate surface area is 733 Å². The molecule has 0 saturated carbocycles. The van der Waals surface area contributed by atoms with E-state index >= 15 is 0 Å². The molecule has 4 aromatic carbocycles. The first-order valence-electron chi connectivity index (χ1n) is 42.3. The maximum atomic E-state index is 12.3. The predicted molar refractivity (Wildman–Crippen MR) is 494 cm³/mol. The fourth-order valence-electron chi connectivity index (χ4n) is 13.3. The summed E-state index contributed by atoms with van der Waals surface area (Å²) in [5.74, 6) is 56.4. The molecule has 119 heavy (non-hydrogen) atoms. The average Bonchev–Trinajstić information content (AvgIpc) is 0.827. The van der Waals surface area contributed by atoms with Crippen molar-refractivity contribution in [2.75, 3.05) is 33.0 Å². The van der Waals surface area contributed by atoms with Crippen LogP contribution in [0.1, 0.15) is 288 Å². The highest BCUT2D eigenvalue weighted by molar-refractivity contribution is 14.1. The summed E-state index contributed by atoms with van der Waals surface area (Å²) < 4.78 is 33.7. The van der Waals surface area contributed by atoms with Crippen molar-refractivity contribution >= 4 is 45.2 Å². The number of halogens is 2. The van der Waals surface area contributed by atoms with Crippen molar-refractivity contribution in [2.24, 2.45) is 0 Å². The van der Waals surface area contributed by atoms with Gasteiger partial charge in [-0.3, -0.25) is 0 Å². The lowest BCUT2D eigenvalue weighted by Crippen LogP contribution is -2.00. The molecule has 0 saturated heterocycles. The quantitative estimate of drug-likeness (QED) is 0.0195. The van der Waals surface area contributed by atoms with E-state index in [1.807, 2.05) is 97.1 Å². The molecule has 0 fully saturated rings. The average molecular weight is 1800 g/mol. The highest BCUT2D eigenvalue weighted by Gasteiger charge is 2.15. The van der Waals surface area contributed by atoms with Crippen molar-refractivity contribution in [1.29, 1.82) is 0 Å². The summed E-state index contributed by atoms with van der Waals surface area (Å²) in [6.45, 7) is 13.1.